The van der Waals surface area contributed by atoms with E-state index < -0.39 is 0 Å². The van der Waals surface area contributed by atoms with Gasteiger partial charge in [-0.2, -0.15) is 0 Å². The average molecular weight is 227 g/mol. The Bertz CT molecular complexity index is 339. The molecule has 0 bridgehead atoms. The normalized spacial score (nSPS) is 9.80. The van der Waals surface area contributed by atoms with Crippen molar-refractivity contribution < 1.29 is 4.79 Å². The zero-order valence-corrected chi connectivity index (χ0v) is 9.71. The maximum atomic E-state index is 11.4. The number of carbonyl (C=O) groups is 1. The van der Waals surface area contributed by atoms with Gasteiger partial charge in [0, 0.05) is 25.7 Å². The molecule has 0 aliphatic heterocycles. The lowest BCUT2D eigenvalue weighted by molar-refractivity contribution is 0.230. The zero-order valence-electron chi connectivity index (χ0n) is 8.96. The molecular formula is C11H15ClN2O. The van der Waals surface area contributed by atoms with E-state index in [1.54, 1.807) is 14.1 Å². The van der Waals surface area contributed by atoms with E-state index >= 15 is 0 Å². The van der Waals surface area contributed by atoms with Crippen LogP contribution in [0.4, 0.5) is 10.5 Å². The van der Waals surface area contributed by atoms with E-state index in [1.165, 1.54) is 4.90 Å². The SMILES string of the molecule is CN(C)C(=O)Nc1cccc(CCCl)c1. The number of amides is 2. The van der Waals surface area contributed by atoms with E-state index in [2.05, 4.69) is 5.32 Å². The first-order valence-electron chi connectivity index (χ1n) is 4.76. The first-order valence-corrected chi connectivity index (χ1v) is 5.30. The molecule has 1 rings (SSSR count). The second-order valence-corrected chi connectivity index (χ2v) is 3.84. The molecule has 82 valence electrons. The summed E-state index contributed by atoms with van der Waals surface area (Å²) in [5.41, 5.74) is 1.93. The van der Waals surface area contributed by atoms with Crippen LogP contribution in [-0.2, 0) is 6.42 Å². The molecule has 15 heavy (non-hydrogen) atoms. The van der Waals surface area contributed by atoms with E-state index in [1.807, 2.05) is 24.3 Å². The monoisotopic (exact) mass is 226 g/mol. The van der Waals surface area contributed by atoms with Crippen molar-refractivity contribution in [1.82, 2.24) is 4.90 Å². The van der Waals surface area contributed by atoms with Crippen LogP contribution < -0.4 is 5.32 Å². The summed E-state index contributed by atoms with van der Waals surface area (Å²) in [5.74, 6) is 0.588. The van der Waals surface area contributed by atoms with Crippen LogP contribution in [-0.4, -0.2) is 30.9 Å². The van der Waals surface area contributed by atoms with Gasteiger partial charge in [-0.25, -0.2) is 4.79 Å². The minimum Gasteiger partial charge on any atom is -0.331 e. The predicted molar refractivity (Wildman–Crippen MR) is 63.6 cm³/mol. The Labute approximate surface area is 95.0 Å². The number of nitrogens with one attached hydrogen (secondary N) is 1. The topological polar surface area (TPSA) is 32.3 Å². The number of rotatable bonds is 3. The summed E-state index contributed by atoms with van der Waals surface area (Å²) in [7, 11) is 3.41. The minimum atomic E-state index is -0.127. The lowest BCUT2D eigenvalue weighted by atomic mass is 10.1. The first-order chi connectivity index (χ1) is 7.13. The summed E-state index contributed by atoms with van der Waals surface area (Å²) < 4.78 is 0. The Hall–Kier alpha value is -1.22. The van der Waals surface area contributed by atoms with E-state index in [-0.39, 0.29) is 6.03 Å². The number of carbonyl (C=O) groups excluding carboxylic acids is 1. The Kier molecular flexibility index (Phi) is 4.43. The van der Waals surface area contributed by atoms with Crippen molar-refractivity contribution in [3.63, 3.8) is 0 Å². The maximum Gasteiger partial charge on any atom is 0.321 e. The zero-order chi connectivity index (χ0) is 11.3. The third-order valence-electron chi connectivity index (χ3n) is 1.97. The lowest BCUT2D eigenvalue weighted by Gasteiger charge is -2.12. The van der Waals surface area contributed by atoms with Crippen molar-refractivity contribution >= 4 is 23.3 Å². The fraction of sp³-hybridized carbons (Fsp3) is 0.364. The number of hydrogen-bond donors (Lipinski definition) is 1. The molecule has 1 aromatic carbocycles. The molecule has 2 amide bonds. The highest BCUT2D eigenvalue weighted by molar-refractivity contribution is 6.18. The smallest absolute Gasteiger partial charge is 0.321 e. The van der Waals surface area contributed by atoms with Gasteiger partial charge in [-0.1, -0.05) is 12.1 Å². The Morgan fingerprint density at radius 2 is 2.20 bits per heavy atom. The van der Waals surface area contributed by atoms with Gasteiger partial charge in [0.2, 0.25) is 0 Å². The maximum absolute atomic E-state index is 11.4. The molecule has 3 nitrogen and oxygen atoms in total. The molecule has 1 aromatic rings. The van der Waals surface area contributed by atoms with E-state index in [9.17, 15) is 4.79 Å². The molecule has 0 aliphatic rings. The highest BCUT2D eigenvalue weighted by Crippen LogP contribution is 2.11. The van der Waals surface area contributed by atoms with E-state index in [4.69, 9.17) is 11.6 Å². The highest BCUT2D eigenvalue weighted by atomic mass is 35.5. The van der Waals surface area contributed by atoms with Crippen LogP contribution in [0.3, 0.4) is 0 Å². The standard InChI is InChI=1S/C11H15ClN2O/c1-14(2)11(15)13-10-5-3-4-9(8-10)6-7-12/h3-5,8H,6-7H2,1-2H3,(H,13,15). The number of urea groups is 1. The summed E-state index contributed by atoms with van der Waals surface area (Å²) in [6.07, 6.45) is 0.813. The molecule has 0 aliphatic carbocycles. The molecule has 0 aromatic heterocycles. The van der Waals surface area contributed by atoms with E-state index in [0.29, 0.717) is 5.88 Å². The molecular weight excluding hydrogens is 212 g/mol. The van der Waals surface area contributed by atoms with Crippen LogP contribution in [0.5, 0.6) is 0 Å². The number of anilines is 1. The van der Waals surface area contributed by atoms with Crippen LogP contribution in [0.25, 0.3) is 0 Å². The van der Waals surface area contributed by atoms with Crippen molar-refractivity contribution in [2.75, 3.05) is 25.3 Å². The van der Waals surface area contributed by atoms with Crippen LogP contribution in [0.1, 0.15) is 5.56 Å². The molecule has 0 saturated carbocycles. The molecule has 0 saturated heterocycles. The Morgan fingerprint density at radius 1 is 1.47 bits per heavy atom. The number of benzene rings is 1. The molecule has 0 fully saturated rings. The lowest BCUT2D eigenvalue weighted by Crippen LogP contribution is -2.27. The van der Waals surface area contributed by atoms with Gasteiger partial charge in [0.05, 0.1) is 0 Å². The van der Waals surface area contributed by atoms with Crippen molar-refractivity contribution in [1.29, 1.82) is 0 Å². The number of alkyl halides is 1. The van der Waals surface area contributed by atoms with Gasteiger partial charge >= 0.3 is 6.03 Å². The Morgan fingerprint density at radius 3 is 2.80 bits per heavy atom. The summed E-state index contributed by atoms with van der Waals surface area (Å²) in [6, 6.07) is 7.57. The summed E-state index contributed by atoms with van der Waals surface area (Å²) in [4.78, 5) is 12.9. The molecule has 0 radical (unpaired) electrons. The largest absolute Gasteiger partial charge is 0.331 e. The van der Waals surface area contributed by atoms with Gasteiger partial charge in [-0.05, 0) is 24.1 Å². The highest BCUT2D eigenvalue weighted by Gasteiger charge is 2.03. The number of aryl methyl sites for hydroxylation is 1. The third kappa shape index (κ3) is 3.80. The Balaban J connectivity index is 2.69. The third-order valence-corrected chi connectivity index (χ3v) is 2.16. The second-order valence-electron chi connectivity index (χ2n) is 3.46. The van der Waals surface area contributed by atoms with Crippen molar-refractivity contribution in [2.24, 2.45) is 0 Å². The molecule has 0 atom stereocenters. The fourth-order valence-corrected chi connectivity index (χ4v) is 1.37. The van der Waals surface area contributed by atoms with Crippen LogP contribution in [0.15, 0.2) is 24.3 Å². The van der Waals surface area contributed by atoms with Gasteiger partial charge in [0.15, 0.2) is 0 Å². The van der Waals surface area contributed by atoms with Crippen LogP contribution >= 0.6 is 11.6 Å². The van der Waals surface area contributed by atoms with Gasteiger partial charge in [0.1, 0.15) is 0 Å². The number of halogens is 1. The molecule has 4 heteroatoms. The van der Waals surface area contributed by atoms with Gasteiger partial charge in [-0.15, -0.1) is 11.6 Å². The van der Waals surface area contributed by atoms with Gasteiger partial charge in [-0.3, -0.25) is 0 Å². The van der Waals surface area contributed by atoms with Gasteiger partial charge in [0.25, 0.3) is 0 Å². The van der Waals surface area contributed by atoms with Crippen molar-refractivity contribution in [3.05, 3.63) is 29.8 Å². The quantitative estimate of drug-likeness (QED) is 0.790. The number of nitrogens with zero attached hydrogens (tertiary/aromatic N) is 1. The molecule has 0 unspecified atom stereocenters. The minimum absolute atomic E-state index is 0.127. The molecule has 0 heterocycles. The molecule has 1 N–H and O–H groups in total. The second kappa shape index (κ2) is 5.61. The van der Waals surface area contributed by atoms with Crippen molar-refractivity contribution in [3.8, 4) is 0 Å². The van der Waals surface area contributed by atoms with E-state index in [0.717, 1.165) is 17.7 Å². The van der Waals surface area contributed by atoms with Crippen molar-refractivity contribution in [2.45, 2.75) is 6.42 Å². The summed E-state index contributed by atoms with van der Waals surface area (Å²) >= 11 is 5.65. The number of hydrogen-bond acceptors (Lipinski definition) is 1. The first kappa shape index (κ1) is 11.9. The van der Waals surface area contributed by atoms with Gasteiger partial charge < -0.3 is 10.2 Å². The average Bonchev–Trinajstić information content (AvgIpc) is 2.18. The van der Waals surface area contributed by atoms with Crippen LogP contribution in [0, 0.1) is 0 Å². The summed E-state index contributed by atoms with van der Waals surface area (Å²) in [5, 5.41) is 2.78. The summed E-state index contributed by atoms with van der Waals surface area (Å²) in [6.45, 7) is 0. The molecule has 0 spiro atoms. The van der Waals surface area contributed by atoms with Crippen LogP contribution in [0.2, 0.25) is 0 Å². The fourth-order valence-electron chi connectivity index (χ4n) is 1.15. The predicted octanol–water partition coefficient (Wildman–Crippen LogP) is 2.56.